The van der Waals surface area contributed by atoms with Crippen molar-refractivity contribution in [3.05, 3.63) is 23.6 Å². The van der Waals surface area contributed by atoms with E-state index in [1.165, 1.54) is 6.20 Å². The lowest BCUT2D eigenvalue weighted by atomic mass is 9.61. The van der Waals surface area contributed by atoms with Crippen LogP contribution in [0.5, 0.6) is 0 Å². The lowest BCUT2D eigenvalue weighted by Gasteiger charge is -2.47. The van der Waals surface area contributed by atoms with E-state index in [2.05, 4.69) is 25.2 Å². The largest absolute Gasteiger partial charge is 0.481 e. The normalized spacial score (nSPS) is 26.7. The van der Waals surface area contributed by atoms with Crippen molar-refractivity contribution in [1.82, 2.24) is 24.9 Å². The molecule has 4 aliphatic rings. The highest BCUT2D eigenvalue weighted by Gasteiger charge is 2.47. The molecule has 3 N–H and O–H groups in total. The van der Waals surface area contributed by atoms with Crippen molar-refractivity contribution >= 4 is 40.4 Å². The number of aromatic nitrogens is 5. The Balaban J connectivity index is 1.41. The summed E-state index contributed by atoms with van der Waals surface area (Å²) in [5.41, 5.74) is 1.89. The predicted octanol–water partition coefficient (Wildman–Crippen LogP) is 3.21. The number of aliphatic carboxylic acids is 1. The zero-order valence-corrected chi connectivity index (χ0v) is 19.3. The summed E-state index contributed by atoms with van der Waals surface area (Å²) >= 11 is 6.11. The maximum Gasteiger partial charge on any atom is 0.308 e. The lowest BCUT2D eigenvalue weighted by molar-refractivity contribution is -0.148. The van der Waals surface area contributed by atoms with E-state index in [0.717, 1.165) is 44.6 Å². The third-order valence-corrected chi connectivity index (χ3v) is 7.64. The number of anilines is 2. The van der Waals surface area contributed by atoms with E-state index in [0.29, 0.717) is 52.7 Å². The molecule has 34 heavy (non-hydrogen) atoms. The lowest BCUT2D eigenvalue weighted by Crippen LogP contribution is -2.51. The van der Waals surface area contributed by atoms with Gasteiger partial charge < -0.3 is 25.0 Å². The molecule has 1 saturated heterocycles. The maximum atomic E-state index is 12.2. The molecule has 4 fully saturated rings. The number of nitrogens with zero attached hydrogens (tertiary/aromatic N) is 5. The van der Waals surface area contributed by atoms with Crippen LogP contribution in [-0.4, -0.2) is 68.3 Å². The number of H-pyrrole nitrogens is 1. The van der Waals surface area contributed by atoms with Gasteiger partial charge in [-0.25, -0.2) is 19.9 Å². The molecule has 2 atom stereocenters. The Bertz CT molecular complexity index is 1220. The summed E-state index contributed by atoms with van der Waals surface area (Å²) < 4.78 is 5.52. The number of carbonyl (C=O) groups is 1. The second kappa shape index (κ2) is 8.66. The fourth-order valence-corrected chi connectivity index (χ4v) is 5.94. The van der Waals surface area contributed by atoms with Crippen LogP contribution in [0, 0.1) is 17.8 Å². The number of morpholine rings is 1. The van der Waals surface area contributed by atoms with Gasteiger partial charge in [-0.15, -0.1) is 0 Å². The second-order valence-electron chi connectivity index (χ2n) is 9.34. The number of carboxylic acids is 1. The number of carboxylic acid groups (broad SMARTS) is 1. The number of nitrogens with one attached hydrogen (secondary N) is 2. The summed E-state index contributed by atoms with van der Waals surface area (Å²) in [7, 11) is 0. The molecule has 3 aromatic rings. The van der Waals surface area contributed by atoms with Gasteiger partial charge in [0.2, 0.25) is 0 Å². The van der Waals surface area contributed by atoms with Crippen molar-refractivity contribution in [2.45, 2.75) is 31.7 Å². The summed E-state index contributed by atoms with van der Waals surface area (Å²) in [6, 6.07) is 1.77. The first-order valence-electron chi connectivity index (χ1n) is 11.8. The minimum atomic E-state index is -0.726. The second-order valence-corrected chi connectivity index (χ2v) is 9.72. The van der Waals surface area contributed by atoms with Crippen LogP contribution in [0.4, 0.5) is 11.6 Å². The first-order chi connectivity index (χ1) is 16.6. The number of halogens is 1. The average Bonchev–Trinajstić information content (AvgIpc) is 3.28. The highest BCUT2D eigenvalue weighted by molar-refractivity contribution is 6.29. The number of ether oxygens (including phenoxy) is 1. The van der Waals surface area contributed by atoms with Gasteiger partial charge in [-0.3, -0.25) is 4.79 Å². The molecular formula is C23H26ClN7O3. The molecule has 2 unspecified atom stereocenters. The van der Waals surface area contributed by atoms with E-state index >= 15 is 0 Å². The maximum absolute atomic E-state index is 12.2. The minimum Gasteiger partial charge on any atom is -0.481 e. The molecule has 0 spiro atoms. The monoisotopic (exact) mass is 483 g/mol. The molecule has 0 aromatic carbocycles. The number of hydrogen-bond acceptors (Lipinski definition) is 8. The third-order valence-electron chi connectivity index (χ3n) is 7.46. The van der Waals surface area contributed by atoms with Gasteiger partial charge in [-0.05, 0) is 37.5 Å². The number of fused-ring (bicyclic) bond motifs is 4. The van der Waals surface area contributed by atoms with Gasteiger partial charge in [0.25, 0.3) is 0 Å². The van der Waals surface area contributed by atoms with Crippen molar-refractivity contribution in [3.8, 4) is 11.4 Å². The highest BCUT2D eigenvalue weighted by atomic mass is 35.5. The van der Waals surface area contributed by atoms with Crippen LogP contribution >= 0.6 is 11.6 Å². The van der Waals surface area contributed by atoms with Crippen LogP contribution in [0.1, 0.15) is 25.7 Å². The first kappa shape index (κ1) is 21.5. The Morgan fingerprint density at radius 2 is 1.91 bits per heavy atom. The Kier molecular flexibility index (Phi) is 5.49. The highest BCUT2D eigenvalue weighted by Crippen LogP contribution is 2.46. The van der Waals surface area contributed by atoms with Crippen molar-refractivity contribution in [2.75, 3.05) is 36.5 Å². The smallest absolute Gasteiger partial charge is 0.308 e. The minimum absolute atomic E-state index is 0.150. The molecule has 0 radical (unpaired) electrons. The predicted molar refractivity (Wildman–Crippen MR) is 127 cm³/mol. The van der Waals surface area contributed by atoms with Gasteiger partial charge in [0.05, 0.1) is 30.9 Å². The van der Waals surface area contributed by atoms with Crippen LogP contribution in [-0.2, 0) is 9.53 Å². The molecule has 0 amide bonds. The molecule has 1 aliphatic heterocycles. The first-order valence-corrected chi connectivity index (χ1v) is 12.2. The summed E-state index contributed by atoms with van der Waals surface area (Å²) in [6.45, 7) is 2.70. The van der Waals surface area contributed by atoms with Crippen molar-refractivity contribution in [3.63, 3.8) is 0 Å². The van der Waals surface area contributed by atoms with Gasteiger partial charge in [-0.2, -0.15) is 0 Å². The molecule has 178 valence electrons. The quantitative estimate of drug-likeness (QED) is 0.500. The van der Waals surface area contributed by atoms with Crippen molar-refractivity contribution in [2.24, 2.45) is 17.8 Å². The van der Waals surface area contributed by atoms with E-state index < -0.39 is 11.9 Å². The summed E-state index contributed by atoms with van der Waals surface area (Å²) in [6.07, 6.45) is 7.36. The Labute approximate surface area is 201 Å². The summed E-state index contributed by atoms with van der Waals surface area (Å²) in [5.74, 6) is 1.29. The molecule has 3 aromatic heterocycles. The molecular weight excluding hydrogens is 458 g/mol. The van der Waals surface area contributed by atoms with Gasteiger partial charge in [0, 0.05) is 31.4 Å². The standard InChI is InChI=1S/C23H26ClN7O3/c24-15-11-26-22-20(27-15)14(10-25-22)21-29-16(9-17(30-21)31-5-7-34-8-6-31)28-19-13-3-1-12(2-4-13)18(19)23(32)33/h9-13,18-19H,1-8H2,(H,25,26)(H,32,33)(H,28,29,30). The molecule has 7 rings (SSSR count). The Morgan fingerprint density at radius 3 is 2.68 bits per heavy atom. The fraction of sp³-hybridized carbons (Fsp3) is 0.522. The van der Waals surface area contributed by atoms with E-state index in [1.54, 1.807) is 6.20 Å². The van der Waals surface area contributed by atoms with Crippen molar-refractivity contribution in [1.29, 1.82) is 0 Å². The van der Waals surface area contributed by atoms with Crippen LogP contribution < -0.4 is 10.2 Å². The molecule has 11 heteroatoms. The molecule has 4 heterocycles. The van der Waals surface area contributed by atoms with Crippen LogP contribution in [0.15, 0.2) is 18.5 Å². The van der Waals surface area contributed by atoms with E-state index in [4.69, 9.17) is 26.3 Å². The van der Waals surface area contributed by atoms with E-state index in [-0.39, 0.29) is 12.0 Å². The fourth-order valence-electron chi connectivity index (χ4n) is 5.81. The van der Waals surface area contributed by atoms with Gasteiger partial charge in [0.1, 0.15) is 22.3 Å². The SMILES string of the molecule is O=C(O)C1C2CCC(CC2)C1Nc1cc(N2CCOCC2)nc(-c2c[nH]c3ncc(Cl)nc23)n1. The topological polar surface area (TPSA) is 129 Å². The van der Waals surface area contributed by atoms with Crippen LogP contribution in [0.3, 0.4) is 0 Å². The summed E-state index contributed by atoms with van der Waals surface area (Å²) in [5, 5.41) is 13.8. The zero-order chi connectivity index (χ0) is 23.2. The van der Waals surface area contributed by atoms with Gasteiger partial charge >= 0.3 is 5.97 Å². The van der Waals surface area contributed by atoms with E-state index in [9.17, 15) is 9.90 Å². The molecule has 3 aliphatic carbocycles. The molecule has 3 saturated carbocycles. The third kappa shape index (κ3) is 3.84. The van der Waals surface area contributed by atoms with Crippen LogP contribution in [0.25, 0.3) is 22.6 Å². The molecule has 10 nitrogen and oxygen atoms in total. The number of aromatic amines is 1. The van der Waals surface area contributed by atoms with Gasteiger partial charge in [0.15, 0.2) is 11.5 Å². The van der Waals surface area contributed by atoms with Crippen molar-refractivity contribution < 1.29 is 14.6 Å². The number of hydrogen-bond donors (Lipinski definition) is 3. The van der Waals surface area contributed by atoms with Crippen LogP contribution in [0.2, 0.25) is 5.15 Å². The Hall–Kier alpha value is -2.98. The average molecular weight is 484 g/mol. The number of rotatable bonds is 5. The zero-order valence-electron chi connectivity index (χ0n) is 18.6. The molecule has 2 bridgehead atoms. The summed E-state index contributed by atoms with van der Waals surface area (Å²) in [4.78, 5) is 35.8. The van der Waals surface area contributed by atoms with E-state index in [1.807, 2.05) is 6.07 Å². The Morgan fingerprint density at radius 1 is 1.15 bits per heavy atom. The van der Waals surface area contributed by atoms with Gasteiger partial charge in [-0.1, -0.05) is 11.6 Å².